The third kappa shape index (κ3) is 1.99. The van der Waals surface area contributed by atoms with Gasteiger partial charge in [-0.3, -0.25) is 14.9 Å². The molecule has 1 rings (SSSR count). The van der Waals surface area contributed by atoms with E-state index in [4.69, 9.17) is 0 Å². The maximum atomic E-state index is 12.4. The zero-order valence-corrected chi connectivity index (χ0v) is 7.58. The number of halogens is 5. The predicted octanol–water partition coefficient (Wildman–Crippen LogP) is 2.13. The quantitative estimate of drug-likeness (QED) is 0.325. The number of ether oxygens (including phenoxy) is 1. The third-order valence-corrected chi connectivity index (χ3v) is 2.04. The van der Waals surface area contributed by atoms with Gasteiger partial charge in [-0.1, -0.05) is 12.2 Å². The van der Waals surface area contributed by atoms with Gasteiger partial charge in [0.1, 0.15) is 6.10 Å². The molecule has 92 valence electrons. The molecule has 1 aliphatic rings. The van der Waals surface area contributed by atoms with Crippen LogP contribution in [0.15, 0.2) is 12.2 Å². The second-order valence-electron chi connectivity index (χ2n) is 3.09. The molecule has 4 nitrogen and oxygen atoms in total. The highest BCUT2D eigenvalue weighted by Crippen LogP contribution is 2.41. The van der Waals surface area contributed by atoms with Crippen LogP contribution >= 0.6 is 0 Å². The number of nitro groups is 1. The van der Waals surface area contributed by atoms with Crippen LogP contribution in [0, 0.1) is 10.1 Å². The highest BCUT2D eigenvalue weighted by Gasteiger charge is 2.69. The third-order valence-electron chi connectivity index (χ3n) is 2.04. The van der Waals surface area contributed by atoms with Crippen LogP contribution in [0.2, 0.25) is 0 Å². The summed E-state index contributed by atoms with van der Waals surface area (Å²) in [7, 11) is 0. The Kier molecular flexibility index (Phi) is 3.17. The average molecular weight is 247 g/mol. The van der Waals surface area contributed by atoms with E-state index in [1.807, 2.05) is 0 Å². The lowest BCUT2D eigenvalue weighted by Crippen LogP contribution is -2.57. The maximum absolute atomic E-state index is 12.4. The Morgan fingerprint density at radius 2 is 2.06 bits per heavy atom. The van der Waals surface area contributed by atoms with E-state index in [1.54, 1.807) is 0 Å². The number of rotatable bonds is 2. The summed E-state index contributed by atoms with van der Waals surface area (Å²) >= 11 is 0. The topological polar surface area (TPSA) is 52.4 Å². The Balaban J connectivity index is 3.07. The van der Waals surface area contributed by atoms with Crippen molar-refractivity contribution in [1.29, 1.82) is 0 Å². The molecule has 1 aliphatic heterocycles. The Morgan fingerprint density at radius 1 is 1.50 bits per heavy atom. The van der Waals surface area contributed by atoms with Crippen molar-refractivity contribution in [1.82, 2.24) is 0 Å². The first kappa shape index (κ1) is 12.8. The maximum Gasteiger partial charge on any atom is 0.490 e. The van der Waals surface area contributed by atoms with E-state index in [2.05, 4.69) is 4.74 Å². The zero-order valence-electron chi connectivity index (χ0n) is 7.58. The molecule has 0 saturated heterocycles. The van der Waals surface area contributed by atoms with Gasteiger partial charge in [-0.2, -0.15) is 13.2 Å². The summed E-state index contributed by atoms with van der Waals surface area (Å²) in [6, 6.07) is 0. The fourth-order valence-corrected chi connectivity index (χ4v) is 1.21. The van der Waals surface area contributed by atoms with Crippen LogP contribution in [0.3, 0.4) is 0 Å². The van der Waals surface area contributed by atoms with Gasteiger partial charge in [0.2, 0.25) is 0 Å². The van der Waals surface area contributed by atoms with Gasteiger partial charge in [0.05, 0.1) is 11.3 Å². The molecule has 0 radical (unpaired) electrons. The molecular weight excluding hydrogens is 241 g/mol. The smallest absolute Gasteiger partial charge is 0.294 e. The van der Waals surface area contributed by atoms with Crippen molar-refractivity contribution in [2.45, 2.75) is 30.9 Å². The summed E-state index contributed by atoms with van der Waals surface area (Å²) in [5.74, 6) is 0. The predicted molar refractivity (Wildman–Crippen MR) is 40.4 cm³/mol. The van der Waals surface area contributed by atoms with Gasteiger partial charge in [0.25, 0.3) is 6.43 Å². The van der Waals surface area contributed by atoms with E-state index in [1.165, 1.54) is 0 Å². The molecule has 0 amide bonds. The van der Waals surface area contributed by atoms with Gasteiger partial charge in [-0.25, -0.2) is 8.78 Å². The van der Waals surface area contributed by atoms with Crippen molar-refractivity contribution in [2.75, 3.05) is 0 Å². The molecule has 1 heterocycles. The molecule has 0 aromatic rings. The van der Waals surface area contributed by atoms with Crippen LogP contribution < -0.4 is 0 Å². The molecule has 16 heavy (non-hydrogen) atoms. The van der Waals surface area contributed by atoms with Gasteiger partial charge in [-0.05, 0) is 0 Å². The second-order valence-corrected chi connectivity index (χ2v) is 3.09. The van der Waals surface area contributed by atoms with Crippen LogP contribution in [0.5, 0.6) is 0 Å². The van der Waals surface area contributed by atoms with E-state index in [-0.39, 0.29) is 0 Å². The first-order valence-electron chi connectivity index (χ1n) is 4.04. The minimum absolute atomic E-state index is 0.677. The van der Waals surface area contributed by atoms with Crippen LogP contribution in [0.4, 0.5) is 22.0 Å². The van der Waals surface area contributed by atoms with Crippen molar-refractivity contribution in [2.24, 2.45) is 0 Å². The molecule has 0 aromatic heterocycles. The van der Waals surface area contributed by atoms with E-state index in [0.29, 0.717) is 12.2 Å². The Morgan fingerprint density at radius 3 is 2.44 bits per heavy atom. The molecule has 2 atom stereocenters. The van der Waals surface area contributed by atoms with Gasteiger partial charge in [-0.15, -0.1) is 0 Å². The first-order valence-corrected chi connectivity index (χ1v) is 4.04. The highest BCUT2D eigenvalue weighted by atomic mass is 19.4. The summed E-state index contributed by atoms with van der Waals surface area (Å²) in [4.78, 5) is 8.64. The summed E-state index contributed by atoms with van der Waals surface area (Å²) in [5.41, 5.74) is -3.77. The summed E-state index contributed by atoms with van der Waals surface area (Å²) in [6.07, 6.45) is -10.6. The molecule has 0 N–H and O–H groups in total. The Bertz CT molecular complexity index is 316. The SMILES string of the molecule is O=[N+]([O-])C1(C(F)(F)F)CC=CC(C(F)F)O1. The van der Waals surface area contributed by atoms with E-state index >= 15 is 0 Å². The minimum Gasteiger partial charge on any atom is -0.294 e. The number of nitrogens with zero attached hydrogens (tertiary/aromatic N) is 1. The molecular formula is C7H6F5NO3. The molecule has 2 unspecified atom stereocenters. The molecule has 0 aliphatic carbocycles. The molecule has 9 heteroatoms. The second kappa shape index (κ2) is 3.96. The minimum atomic E-state index is -5.35. The lowest BCUT2D eigenvalue weighted by Gasteiger charge is -2.31. The van der Waals surface area contributed by atoms with E-state index in [0.717, 1.165) is 0 Å². The Labute approximate surface area is 85.8 Å². The van der Waals surface area contributed by atoms with Crippen LogP contribution in [-0.4, -0.2) is 29.4 Å². The number of hydrogen-bond donors (Lipinski definition) is 0. The van der Waals surface area contributed by atoms with Crippen LogP contribution in [0.1, 0.15) is 6.42 Å². The first-order chi connectivity index (χ1) is 7.21. The van der Waals surface area contributed by atoms with Crippen molar-refractivity contribution in [3.8, 4) is 0 Å². The lowest BCUT2D eigenvalue weighted by atomic mass is 10.1. The van der Waals surface area contributed by atoms with Gasteiger partial charge >= 0.3 is 11.9 Å². The van der Waals surface area contributed by atoms with E-state index < -0.39 is 35.8 Å². The lowest BCUT2D eigenvalue weighted by molar-refractivity contribution is -0.676. The van der Waals surface area contributed by atoms with Crippen molar-refractivity contribution < 1.29 is 31.6 Å². The van der Waals surface area contributed by atoms with Crippen molar-refractivity contribution >= 4 is 0 Å². The summed E-state index contributed by atoms with van der Waals surface area (Å²) in [6.45, 7) is 0. The van der Waals surface area contributed by atoms with Gasteiger partial charge in [0.15, 0.2) is 0 Å². The largest absolute Gasteiger partial charge is 0.490 e. The van der Waals surface area contributed by atoms with Gasteiger partial charge < -0.3 is 0 Å². The number of hydrogen-bond acceptors (Lipinski definition) is 3. The molecule has 0 fully saturated rings. The van der Waals surface area contributed by atoms with Gasteiger partial charge in [0, 0.05) is 0 Å². The zero-order chi connectivity index (χ0) is 12.6. The standard InChI is InChI=1S/C7H6F5NO3/c8-5(9)4-2-1-3-6(16-4,13(14)15)7(10,11)12/h1-2,4-5H,3H2. The van der Waals surface area contributed by atoms with Crippen LogP contribution in [-0.2, 0) is 4.74 Å². The summed E-state index contributed by atoms with van der Waals surface area (Å²) in [5, 5.41) is 10.4. The molecule has 0 saturated carbocycles. The molecule has 0 bridgehead atoms. The molecule has 0 spiro atoms. The number of alkyl halides is 5. The normalized spacial score (nSPS) is 30.8. The molecule has 0 aromatic carbocycles. The Hall–Kier alpha value is -1.25. The van der Waals surface area contributed by atoms with Crippen molar-refractivity contribution in [3.05, 3.63) is 22.3 Å². The fourth-order valence-electron chi connectivity index (χ4n) is 1.21. The fraction of sp³-hybridized carbons (Fsp3) is 0.714. The summed E-state index contributed by atoms with van der Waals surface area (Å²) < 4.78 is 65.5. The monoisotopic (exact) mass is 247 g/mol. The van der Waals surface area contributed by atoms with Crippen LogP contribution in [0.25, 0.3) is 0 Å². The highest BCUT2D eigenvalue weighted by molar-refractivity contribution is 5.02. The van der Waals surface area contributed by atoms with Crippen molar-refractivity contribution in [3.63, 3.8) is 0 Å². The average Bonchev–Trinajstić information content (AvgIpc) is 2.15. The van der Waals surface area contributed by atoms with E-state index in [9.17, 15) is 32.1 Å².